The van der Waals surface area contributed by atoms with E-state index in [2.05, 4.69) is 94.7 Å². The van der Waals surface area contributed by atoms with Gasteiger partial charge in [-0.1, -0.05) is 84.6 Å². The molecule has 0 amide bonds. The highest BCUT2D eigenvalue weighted by molar-refractivity contribution is 7.99. The van der Waals surface area contributed by atoms with Gasteiger partial charge in [0.2, 0.25) is 0 Å². The number of pyridine rings is 4. The minimum atomic E-state index is 0.465. The van der Waals surface area contributed by atoms with Crippen molar-refractivity contribution in [1.29, 1.82) is 0 Å². The molecule has 74 heavy (non-hydrogen) atoms. The highest BCUT2D eigenvalue weighted by Crippen LogP contribution is 2.56. The molecule has 0 radical (unpaired) electrons. The van der Waals surface area contributed by atoms with Gasteiger partial charge in [0.25, 0.3) is 0 Å². The largest absolute Gasteiger partial charge is 0.453 e. The number of hydrogen-bond acceptors (Lipinski definition) is 12. The summed E-state index contributed by atoms with van der Waals surface area (Å²) in [7, 11) is 0. The Balaban J connectivity index is 1.13. The summed E-state index contributed by atoms with van der Waals surface area (Å²) in [5.74, 6) is 2.43. The molecule has 12 heteroatoms. The van der Waals surface area contributed by atoms with Crippen LogP contribution in [0.15, 0.2) is 241 Å². The van der Waals surface area contributed by atoms with E-state index in [1.807, 2.05) is 121 Å². The molecule has 14 rings (SSSR count). The molecule has 8 heterocycles. The molecule has 0 fully saturated rings. The van der Waals surface area contributed by atoms with Crippen molar-refractivity contribution in [2.75, 3.05) is 9.80 Å². The minimum absolute atomic E-state index is 0.465. The number of benzene rings is 6. The molecule has 6 aromatic carbocycles. The van der Waals surface area contributed by atoms with Crippen LogP contribution in [0.3, 0.4) is 0 Å². The van der Waals surface area contributed by atoms with Crippen molar-refractivity contribution in [3.63, 3.8) is 0 Å². The molecule has 0 unspecified atom stereocenters. The molecule has 0 spiro atoms. The van der Waals surface area contributed by atoms with Gasteiger partial charge in [-0.3, -0.25) is 19.9 Å². The fourth-order valence-corrected chi connectivity index (χ4v) is 10.8. The van der Waals surface area contributed by atoms with Crippen molar-refractivity contribution in [3.8, 4) is 79.8 Å². The summed E-state index contributed by atoms with van der Waals surface area (Å²) in [6.45, 7) is 0. The van der Waals surface area contributed by atoms with Crippen LogP contribution in [-0.4, -0.2) is 39.9 Å². The second-order valence-electron chi connectivity index (χ2n) is 17.6. The molecule has 0 aliphatic carbocycles. The fraction of sp³-hybridized carbons (Fsp3) is 0. The Hall–Kier alpha value is -9.91. The SMILES string of the molecule is c1ccc(-c2cc(-c3ccccn3)nc(-c3cc(-c4nc(-c5ccccn5)cc(-c5ccccn5)n4)c4cc(N5c6ccccc6Oc6ccccc65)cc(N5c6ccccc6Sc6ccccc65)c4c3)n2)nc1. The Morgan fingerprint density at radius 1 is 0.324 bits per heavy atom. The lowest BCUT2D eigenvalue weighted by molar-refractivity contribution is 0.477. The lowest BCUT2D eigenvalue weighted by atomic mass is 9.95. The number of nitrogens with zero attached hydrogens (tertiary/aromatic N) is 10. The molecule has 2 aliphatic heterocycles. The average Bonchev–Trinajstić information content (AvgIpc) is 3.48. The van der Waals surface area contributed by atoms with Gasteiger partial charge >= 0.3 is 0 Å². The Labute approximate surface area is 429 Å². The van der Waals surface area contributed by atoms with Gasteiger partial charge in [0.1, 0.15) is 0 Å². The van der Waals surface area contributed by atoms with E-state index in [0.717, 1.165) is 77.3 Å². The average molecular weight is 971 g/mol. The first-order valence-electron chi connectivity index (χ1n) is 24.1. The molecule has 348 valence electrons. The third-order valence-electron chi connectivity index (χ3n) is 13.1. The van der Waals surface area contributed by atoms with Gasteiger partial charge in [0, 0.05) is 56.8 Å². The van der Waals surface area contributed by atoms with E-state index >= 15 is 0 Å². The summed E-state index contributed by atoms with van der Waals surface area (Å²) >= 11 is 1.77. The topological polar surface area (TPSA) is 119 Å². The van der Waals surface area contributed by atoms with Crippen molar-refractivity contribution in [3.05, 3.63) is 231 Å². The van der Waals surface area contributed by atoms with E-state index in [-0.39, 0.29) is 0 Å². The third-order valence-corrected chi connectivity index (χ3v) is 14.2. The van der Waals surface area contributed by atoms with Crippen LogP contribution in [-0.2, 0) is 0 Å². The molecule has 0 saturated heterocycles. The monoisotopic (exact) mass is 970 g/mol. The molecular formula is C62H38N10OS. The van der Waals surface area contributed by atoms with Gasteiger partial charge in [-0.15, -0.1) is 0 Å². The summed E-state index contributed by atoms with van der Waals surface area (Å²) in [6.07, 6.45) is 7.11. The van der Waals surface area contributed by atoms with Crippen molar-refractivity contribution in [1.82, 2.24) is 39.9 Å². The number of aromatic nitrogens is 8. The van der Waals surface area contributed by atoms with Crippen LogP contribution in [0, 0.1) is 0 Å². The maximum absolute atomic E-state index is 6.60. The van der Waals surface area contributed by atoms with Crippen molar-refractivity contribution >= 4 is 56.7 Å². The fourth-order valence-electron chi connectivity index (χ4n) is 9.73. The van der Waals surface area contributed by atoms with Crippen LogP contribution < -0.4 is 14.5 Å². The quantitative estimate of drug-likeness (QED) is 0.144. The Morgan fingerprint density at radius 2 is 0.757 bits per heavy atom. The Morgan fingerprint density at radius 3 is 1.23 bits per heavy atom. The smallest absolute Gasteiger partial charge is 0.161 e. The van der Waals surface area contributed by atoms with Crippen LogP contribution >= 0.6 is 11.8 Å². The first kappa shape index (κ1) is 42.9. The lowest BCUT2D eigenvalue weighted by Crippen LogP contribution is -2.18. The lowest BCUT2D eigenvalue weighted by Gasteiger charge is -2.36. The first-order chi connectivity index (χ1) is 36.7. The first-order valence-corrected chi connectivity index (χ1v) is 24.9. The predicted octanol–water partition coefficient (Wildman–Crippen LogP) is 15.5. The number of rotatable bonds is 8. The van der Waals surface area contributed by atoms with Crippen LogP contribution in [0.4, 0.5) is 34.1 Å². The van der Waals surface area contributed by atoms with Crippen LogP contribution in [0.2, 0.25) is 0 Å². The number of para-hydroxylation sites is 6. The zero-order chi connectivity index (χ0) is 49.0. The molecule has 0 saturated carbocycles. The van der Waals surface area contributed by atoms with E-state index in [0.29, 0.717) is 57.2 Å². The zero-order valence-corrected chi connectivity index (χ0v) is 40.0. The predicted molar refractivity (Wildman–Crippen MR) is 292 cm³/mol. The summed E-state index contributed by atoms with van der Waals surface area (Å²) in [4.78, 5) is 47.5. The van der Waals surface area contributed by atoms with E-state index < -0.39 is 0 Å². The summed E-state index contributed by atoms with van der Waals surface area (Å²) < 4.78 is 6.60. The maximum atomic E-state index is 6.60. The van der Waals surface area contributed by atoms with Crippen molar-refractivity contribution in [2.45, 2.75) is 9.79 Å². The minimum Gasteiger partial charge on any atom is -0.453 e. The zero-order valence-electron chi connectivity index (χ0n) is 39.2. The van der Waals surface area contributed by atoms with Crippen LogP contribution in [0.5, 0.6) is 11.5 Å². The number of ether oxygens (including phenoxy) is 1. The Kier molecular flexibility index (Phi) is 10.5. The van der Waals surface area contributed by atoms with Crippen molar-refractivity contribution in [2.24, 2.45) is 0 Å². The second kappa shape index (κ2) is 18.0. The number of hydrogen-bond donors (Lipinski definition) is 0. The van der Waals surface area contributed by atoms with Gasteiger partial charge in [-0.2, -0.15) is 0 Å². The van der Waals surface area contributed by atoms with E-state index in [4.69, 9.17) is 44.6 Å². The molecule has 0 bridgehead atoms. The molecule has 11 nitrogen and oxygen atoms in total. The molecule has 0 N–H and O–H groups in total. The van der Waals surface area contributed by atoms with Crippen molar-refractivity contribution < 1.29 is 4.74 Å². The van der Waals surface area contributed by atoms with Gasteiger partial charge in [-0.25, -0.2) is 19.9 Å². The summed E-state index contributed by atoms with van der Waals surface area (Å²) in [5.41, 5.74) is 12.6. The Bertz CT molecular complexity index is 3900. The highest BCUT2D eigenvalue weighted by Gasteiger charge is 2.31. The maximum Gasteiger partial charge on any atom is 0.161 e. The van der Waals surface area contributed by atoms with Crippen LogP contribution in [0.25, 0.3) is 79.1 Å². The van der Waals surface area contributed by atoms with E-state index in [1.54, 1.807) is 36.5 Å². The second-order valence-corrected chi connectivity index (χ2v) is 18.7. The number of anilines is 6. The number of fused-ring (bicyclic) bond motifs is 5. The van der Waals surface area contributed by atoms with Gasteiger partial charge in [0.05, 0.1) is 74.0 Å². The normalized spacial score (nSPS) is 12.3. The van der Waals surface area contributed by atoms with Gasteiger partial charge in [-0.05, 0) is 139 Å². The van der Waals surface area contributed by atoms with Gasteiger partial charge in [0.15, 0.2) is 23.1 Å². The van der Waals surface area contributed by atoms with Gasteiger partial charge < -0.3 is 14.5 Å². The summed E-state index contributed by atoms with van der Waals surface area (Å²) in [5, 5.41) is 1.79. The molecule has 0 atom stereocenters. The molecular weight excluding hydrogens is 933 g/mol. The molecule has 12 aromatic rings. The molecule has 6 aromatic heterocycles. The van der Waals surface area contributed by atoms with E-state index in [9.17, 15) is 0 Å². The van der Waals surface area contributed by atoms with Crippen LogP contribution in [0.1, 0.15) is 0 Å². The van der Waals surface area contributed by atoms with E-state index in [1.165, 1.54) is 0 Å². The highest BCUT2D eigenvalue weighted by atomic mass is 32.2. The standard InChI is InChI=1S/C62H38N10OS/c1-5-25-57-52(21-1)71(53-22-2-6-26-58(53)73-57)40-35-41-42(56(36-40)72-54-23-3-7-27-59(54)74-60-28-8-4-24-55(60)72)33-39(61-67-48(44-17-9-13-29-63-44)37-49(68-61)45-18-10-14-30-64-45)34-43(41)62-69-50(46-19-11-15-31-65-46)38-51(70-62)47-20-12-16-32-66-47/h1-38H. The summed E-state index contributed by atoms with van der Waals surface area (Å²) in [6, 6.07) is 69.6. The molecule has 2 aliphatic rings. The third kappa shape index (κ3) is 7.65.